The average Bonchev–Trinajstić information content (AvgIpc) is 2.99. The van der Waals surface area contributed by atoms with Gasteiger partial charge in [0, 0.05) is 0 Å². The Hall–Kier alpha value is -2.97. The van der Waals surface area contributed by atoms with Gasteiger partial charge in [0.2, 0.25) is 5.91 Å². The number of nitrogens with zero attached hydrogens (tertiary/aromatic N) is 1. The standard InChI is InChI=1S/C21H21Cl2N3O5/c1-11(18(27)24-14-7-5-6-13(22)17(14)23)26-19(28)21(2,25-20(26)29)12-8-9-15(30-3)16(10-12)31-4/h5-11H,1-4H3,(H,24,27)(H,25,29)/t11-,21-/m1/s1. The molecule has 2 atom stereocenters. The van der Waals surface area contributed by atoms with E-state index in [4.69, 9.17) is 32.7 Å². The van der Waals surface area contributed by atoms with E-state index >= 15 is 0 Å². The molecule has 0 aromatic heterocycles. The molecule has 10 heteroatoms. The highest BCUT2D eigenvalue weighted by Gasteiger charge is 2.52. The van der Waals surface area contributed by atoms with Crippen LogP contribution in [0.1, 0.15) is 19.4 Å². The number of methoxy groups -OCH3 is 2. The third-order valence-electron chi connectivity index (χ3n) is 5.16. The molecule has 0 bridgehead atoms. The van der Waals surface area contributed by atoms with Crippen LogP contribution in [0.2, 0.25) is 10.0 Å². The molecule has 1 heterocycles. The van der Waals surface area contributed by atoms with Crippen LogP contribution < -0.4 is 20.1 Å². The summed E-state index contributed by atoms with van der Waals surface area (Å²) >= 11 is 12.1. The van der Waals surface area contributed by atoms with E-state index in [0.29, 0.717) is 17.1 Å². The lowest BCUT2D eigenvalue weighted by Crippen LogP contribution is -2.47. The largest absolute Gasteiger partial charge is 0.493 e. The maximum absolute atomic E-state index is 13.3. The lowest BCUT2D eigenvalue weighted by molar-refractivity contribution is -0.136. The number of anilines is 1. The van der Waals surface area contributed by atoms with Gasteiger partial charge in [-0.1, -0.05) is 35.3 Å². The van der Waals surface area contributed by atoms with Crippen molar-refractivity contribution in [3.63, 3.8) is 0 Å². The van der Waals surface area contributed by atoms with Gasteiger partial charge in [0.1, 0.15) is 11.6 Å². The highest BCUT2D eigenvalue weighted by atomic mass is 35.5. The number of hydrogen-bond acceptors (Lipinski definition) is 5. The Morgan fingerprint density at radius 2 is 1.81 bits per heavy atom. The third kappa shape index (κ3) is 4.00. The molecule has 0 radical (unpaired) electrons. The van der Waals surface area contributed by atoms with Gasteiger partial charge >= 0.3 is 6.03 Å². The molecule has 1 aliphatic rings. The zero-order chi connectivity index (χ0) is 22.9. The molecule has 2 aromatic rings. The van der Waals surface area contributed by atoms with Gasteiger partial charge in [-0.05, 0) is 43.7 Å². The summed E-state index contributed by atoms with van der Waals surface area (Å²) in [7, 11) is 2.97. The first-order chi connectivity index (χ1) is 14.6. The minimum atomic E-state index is -1.39. The first kappa shape index (κ1) is 22.7. The fourth-order valence-corrected chi connectivity index (χ4v) is 3.66. The number of imide groups is 1. The van der Waals surface area contributed by atoms with Crippen molar-refractivity contribution >= 4 is 46.7 Å². The smallest absolute Gasteiger partial charge is 0.326 e. The van der Waals surface area contributed by atoms with Gasteiger partial charge in [-0.15, -0.1) is 0 Å². The summed E-state index contributed by atoms with van der Waals surface area (Å²) in [5.74, 6) is -0.286. The number of hydrogen-bond donors (Lipinski definition) is 2. The molecule has 1 fully saturated rings. The number of amides is 4. The predicted octanol–water partition coefficient (Wildman–Crippen LogP) is 3.80. The topological polar surface area (TPSA) is 97.0 Å². The third-order valence-corrected chi connectivity index (χ3v) is 5.98. The number of carbonyl (C=O) groups excluding carboxylic acids is 3. The SMILES string of the molecule is COc1ccc([C@@]2(C)NC(=O)N([C@H](C)C(=O)Nc3cccc(Cl)c3Cl)C2=O)cc1OC. The fourth-order valence-electron chi connectivity index (χ4n) is 3.31. The second-order valence-corrected chi connectivity index (χ2v) is 7.85. The molecule has 1 saturated heterocycles. The lowest BCUT2D eigenvalue weighted by Gasteiger charge is -2.25. The fraction of sp³-hybridized carbons (Fsp3) is 0.286. The average molecular weight is 466 g/mol. The van der Waals surface area contributed by atoms with Gasteiger partial charge in [-0.25, -0.2) is 9.69 Å². The number of nitrogens with one attached hydrogen (secondary N) is 2. The minimum Gasteiger partial charge on any atom is -0.493 e. The van der Waals surface area contributed by atoms with E-state index in [9.17, 15) is 14.4 Å². The van der Waals surface area contributed by atoms with E-state index < -0.39 is 29.4 Å². The van der Waals surface area contributed by atoms with E-state index in [2.05, 4.69) is 10.6 Å². The normalized spacial score (nSPS) is 19.1. The van der Waals surface area contributed by atoms with Gasteiger partial charge in [0.15, 0.2) is 11.5 Å². The van der Waals surface area contributed by atoms with Gasteiger partial charge in [0.25, 0.3) is 5.91 Å². The summed E-state index contributed by atoms with van der Waals surface area (Å²) in [6.07, 6.45) is 0. The molecule has 0 aliphatic carbocycles. The quantitative estimate of drug-likeness (QED) is 0.632. The van der Waals surface area contributed by atoms with Crippen LogP contribution in [0.15, 0.2) is 36.4 Å². The molecule has 0 saturated carbocycles. The summed E-state index contributed by atoms with van der Waals surface area (Å²) in [5, 5.41) is 5.70. The van der Waals surface area contributed by atoms with Crippen LogP contribution in [0.5, 0.6) is 11.5 Å². The highest BCUT2D eigenvalue weighted by Crippen LogP contribution is 2.36. The molecular formula is C21H21Cl2N3O5. The van der Waals surface area contributed by atoms with Gasteiger partial charge < -0.3 is 20.1 Å². The summed E-state index contributed by atoms with van der Waals surface area (Å²) in [5.41, 5.74) is -0.629. The number of benzene rings is 2. The van der Waals surface area contributed by atoms with E-state index in [1.165, 1.54) is 21.1 Å². The summed E-state index contributed by atoms with van der Waals surface area (Å²) < 4.78 is 10.5. The Morgan fingerprint density at radius 3 is 2.45 bits per heavy atom. The summed E-state index contributed by atoms with van der Waals surface area (Å²) in [4.78, 5) is 39.6. The predicted molar refractivity (Wildman–Crippen MR) is 117 cm³/mol. The van der Waals surface area contributed by atoms with Crippen LogP contribution in [-0.2, 0) is 15.1 Å². The van der Waals surface area contributed by atoms with Crippen LogP contribution in [0.4, 0.5) is 10.5 Å². The van der Waals surface area contributed by atoms with Crippen LogP contribution in [0.25, 0.3) is 0 Å². The van der Waals surface area contributed by atoms with Crippen molar-refractivity contribution in [3.8, 4) is 11.5 Å². The molecule has 8 nitrogen and oxygen atoms in total. The molecule has 3 rings (SSSR count). The zero-order valence-electron chi connectivity index (χ0n) is 17.3. The lowest BCUT2D eigenvalue weighted by atomic mass is 9.91. The molecule has 2 N–H and O–H groups in total. The molecule has 0 spiro atoms. The minimum absolute atomic E-state index is 0.164. The number of halogens is 2. The first-order valence-corrected chi connectivity index (χ1v) is 10.0. The van der Waals surface area contributed by atoms with Gasteiger partial charge in [0.05, 0.1) is 30.0 Å². The van der Waals surface area contributed by atoms with Crippen molar-refractivity contribution < 1.29 is 23.9 Å². The summed E-state index contributed by atoms with van der Waals surface area (Å²) in [6, 6.07) is 7.87. The Kier molecular flexibility index (Phi) is 6.33. The second kappa shape index (κ2) is 8.64. The molecule has 31 heavy (non-hydrogen) atoms. The monoisotopic (exact) mass is 465 g/mol. The Labute approximate surface area is 189 Å². The maximum Gasteiger partial charge on any atom is 0.326 e. The van der Waals surface area contributed by atoms with E-state index in [0.717, 1.165) is 4.90 Å². The molecule has 2 aromatic carbocycles. The Morgan fingerprint density at radius 1 is 1.13 bits per heavy atom. The molecular weight excluding hydrogens is 445 g/mol. The highest BCUT2D eigenvalue weighted by molar-refractivity contribution is 6.44. The van der Waals surface area contributed by atoms with Crippen molar-refractivity contribution in [2.24, 2.45) is 0 Å². The van der Waals surface area contributed by atoms with Crippen molar-refractivity contribution in [1.82, 2.24) is 10.2 Å². The van der Waals surface area contributed by atoms with Gasteiger partial charge in [-0.2, -0.15) is 0 Å². The van der Waals surface area contributed by atoms with E-state index in [-0.39, 0.29) is 15.7 Å². The van der Waals surface area contributed by atoms with Crippen LogP contribution in [-0.4, -0.2) is 43.0 Å². The number of ether oxygens (including phenoxy) is 2. The van der Waals surface area contributed by atoms with Crippen molar-refractivity contribution in [2.45, 2.75) is 25.4 Å². The maximum atomic E-state index is 13.3. The number of rotatable bonds is 6. The molecule has 164 valence electrons. The van der Waals surface area contributed by atoms with E-state index in [1.54, 1.807) is 43.3 Å². The van der Waals surface area contributed by atoms with Crippen LogP contribution >= 0.6 is 23.2 Å². The zero-order valence-corrected chi connectivity index (χ0v) is 18.8. The molecule has 0 unspecified atom stereocenters. The first-order valence-electron chi connectivity index (χ1n) is 9.27. The van der Waals surface area contributed by atoms with Crippen LogP contribution in [0.3, 0.4) is 0 Å². The van der Waals surface area contributed by atoms with E-state index in [1.807, 2.05) is 0 Å². The van der Waals surface area contributed by atoms with Crippen molar-refractivity contribution in [1.29, 1.82) is 0 Å². The molecule has 1 aliphatic heterocycles. The van der Waals surface area contributed by atoms with Crippen LogP contribution in [0, 0.1) is 0 Å². The number of carbonyl (C=O) groups is 3. The Balaban J connectivity index is 1.87. The van der Waals surface area contributed by atoms with Crippen molar-refractivity contribution in [3.05, 3.63) is 52.0 Å². The Bertz CT molecular complexity index is 1060. The second-order valence-electron chi connectivity index (χ2n) is 7.07. The number of urea groups is 1. The summed E-state index contributed by atoms with van der Waals surface area (Å²) in [6.45, 7) is 3.01. The molecule has 4 amide bonds. The van der Waals surface area contributed by atoms with Gasteiger partial charge in [-0.3, -0.25) is 9.59 Å². The van der Waals surface area contributed by atoms with Crippen molar-refractivity contribution in [2.75, 3.05) is 19.5 Å².